The van der Waals surface area contributed by atoms with Crippen LogP contribution in [-0.4, -0.2) is 48.3 Å². The van der Waals surface area contributed by atoms with Gasteiger partial charge in [-0.15, -0.1) is 0 Å². The highest BCUT2D eigenvalue weighted by Crippen LogP contribution is 2.28. The minimum atomic E-state index is 0.983. The Morgan fingerprint density at radius 1 is 1.00 bits per heavy atom. The largest absolute Gasteiger partial charge is 0.367 e. The summed E-state index contributed by atoms with van der Waals surface area (Å²) in [6.07, 6.45) is 0. The molecule has 2 heterocycles. The van der Waals surface area contributed by atoms with Crippen LogP contribution in [0.4, 0.5) is 5.69 Å². The third-order valence-corrected chi connectivity index (χ3v) is 3.63. The summed E-state index contributed by atoms with van der Waals surface area (Å²) in [6, 6.07) is 8.26. The summed E-state index contributed by atoms with van der Waals surface area (Å²) in [5.41, 5.74) is 3.27. The average Bonchev–Trinajstić information content (AvgIpc) is 2.40. The van der Waals surface area contributed by atoms with Crippen molar-refractivity contribution in [2.24, 2.45) is 0 Å². The number of aryl methyl sites for hydroxylation is 1. The van der Waals surface area contributed by atoms with Crippen molar-refractivity contribution in [3.63, 3.8) is 0 Å². The third kappa shape index (κ3) is 1.93. The molecule has 4 nitrogen and oxygen atoms in total. The summed E-state index contributed by atoms with van der Waals surface area (Å²) in [4.78, 5) is 4.80. The SMILES string of the molecule is Cc1nnc2ccccc2c1N1CCN(C)CC1. The van der Waals surface area contributed by atoms with E-state index >= 15 is 0 Å². The molecule has 0 N–H and O–H groups in total. The van der Waals surface area contributed by atoms with E-state index in [4.69, 9.17) is 0 Å². The number of hydrogen-bond donors (Lipinski definition) is 0. The quantitative estimate of drug-likeness (QED) is 0.762. The van der Waals surface area contributed by atoms with E-state index in [1.807, 2.05) is 19.1 Å². The summed E-state index contributed by atoms with van der Waals surface area (Å²) < 4.78 is 0. The van der Waals surface area contributed by atoms with Crippen molar-refractivity contribution in [1.82, 2.24) is 15.1 Å². The number of fused-ring (bicyclic) bond motifs is 1. The summed E-state index contributed by atoms with van der Waals surface area (Å²) in [6.45, 7) is 6.39. The number of aromatic nitrogens is 2. The molecule has 0 saturated carbocycles. The normalized spacial score (nSPS) is 17.3. The average molecular weight is 242 g/mol. The molecule has 0 bridgehead atoms. The first-order valence-electron chi connectivity index (χ1n) is 6.41. The number of nitrogens with zero attached hydrogens (tertiary/aromatic N) is 4. The van der Waals surface area contributed by atoms with Gasteiger partial charge in [0.05, 0.1) is 16.9 Å². The molecule has 94 valence electrons. The van der Waals surface area contributed by atoms with Gasteiger partial charge in [0, 0.05) is 31.6 Å². The maximum Gasteiger partial charge on any atom is 0.0950 e. The lowest BCUT2D eigenvalue weighted by Gasteiger charge is -2.35. The van der Waals surface area contributed by atoms with E-state index < -0.39 is 0 Å². The number of anilines is 1. The zero-order valence-electron chi connectivity index (χ0n) is 10.9. The van der Waals surface area contributed by atoms with Crippen LogP contribution in [0.1, 0.15) is 5.69 Å². The van der Waals surface area contributed by atoms with Crippen molar-refractivity contribution in [3.05, 3.63) is 30.0 Å². The first-order chi connectivity index (χ1) is 8.75. The van der Waals surface area contributed by atoms with Crippen molar-refractivity contribution in [3.8, 4) is 0 Å². The van der Waals surface area contributed by atoms with Crippen LogP contribution in [0.25, 0.3) is 10.9 Å². The van der Waals surface area contributed by atoms with Crippen molar-refractivity contribution >= 4 is 16.6 Å². The molecule has 18 heavy (non-hydrogen) atoms. The van der Waals surface area contributed by atoms with Crippen LogP contribution in [0.15, 0.2) is 24.3 Å². The summed E-state index contributed by atoms with van der Waals surface area (Å²) in [5.74, 6) is 0. The number of likely N-dealkylation sites (N-methyl/N-ethyl adjacent to an activating group) is 1. The van der Waals surface area contributed by atoms with Gasteiger partial charge in [0.25, 0.3) is 0 Å². The molecular formula is C14H18N4. The molecule has 1 aromatic heterocycles. The van der Waals surface area contributed by atoms with Crippen molar-refractivity contribution < 1.29 is 0 Å². The molecule has 0 unspecified atom stereocenters. The van der Waals surface area contributed by atoms with Crippen LogP contribution in [0.2, 0.25) is 0 Å². The fraction of sp³-hybridized carbons (Fsp3) is 0.429. The zero-order chi connectivity index (χ0) is 12.5. The molecule has 4 heteroatoms. The fourth-order valence-corrected chi connectivity index (χ4v) is 2.56. The first kappa shape index (κ1) is 11.4. The number of benzene rings is 1. The first-order valence-corrected chi connectivity index (χ1v) is 6.41. The minimum Gasteiger partial charge on any atom is -0.367 e. The van der Waals surface area contributed by atoms with Crippen molar-refractivity contribution in [2.45, 2.75) is 6.92 Å². The number of hydrogen-bond acceptors (Lipinski definition) is 4. The van der Waals surface area contributed by atoms with Crippen LogP contribution >= 0.6 is 0 Å². The summed E-state index contributed by atoms with van der Waals surface area (Å²) in [5, 5.41) is 9.78. The van der Waals surface area contributed by atoms with Gasteiger partial charge in [-0.1, -0.05) is 18.2 Å². The van der Waals surface area contributed by atoms with Gasteiger partial charge in [-0.2, -0.15) is 10.2 Å². The van der Waals surface area contributed by atoms with E-state index in [0.717, 1.165) is 37.4 Å². The second-order valence-corrected chi connectivity index (χ2v) is 4.94. The molecule has 3 rings (SSSR count). The Labute approximate surface area is 107 Å². The van der Waals surface area contributed by atoms with Crippen LogP contribution in [0.5, 0.6) is 0 Å². The molecule has 1 aliphatic rings. The highest BCUT2D eigenvalue weighted by Gasteiger charge is 2.18. The Hall–Kier alpha value is -1.68. The highest BCUT2D eigenvalue weighted by atomic mass is 15.3. The van der Waals surface area contributed by atoms with E-state index in [1.54, 1.807) is 0 Å². The Morgan fingerprint density at radius 2 is 1.72 bits per heavy atom. The topological polar surface area (TPSA) is 32.3 Å². The predicted molar refractivity (Wildman–Crippen MR) is 74.0 cm³/mol. The smallest absolute Gasteiger partial charge is 0.0950 e. The molecule has 0 atom stereocenters. The standard InChI is InChI=1S/C14H18N4/c1-11-14(18-9-7-17(2)8-10-18)12-5-3-4-6-13(12)16-15-11/h3-6H,7-10H2,1-2H3. The Balaban J connectivity index is 2.07. The van der Waals surface area contributed by atoms with E-state index in [9.17, 15) is 0 Å². The van der Waals surface area contributed by atoms with Gasteiger partial charge in [-0.05, 0) is 20.0 Å². The molecular weight excluding hydrogens is 224 g/mol. The van der Waals surface area contributed by atoms with Crippen molar-refractivity contribution in [2.75, 3.05) is 38.1 Å². The van der Waals surface area contributed by atoms with E-state index in [1.165, 1.54) is 11.1 Å². The molecule has 1 fully saturated rings. The number of rotatable bonds is 1. The molecule has 1 aliphatic heterocycles. The lowest BCUT2D eigenvalue weighted by molar-refractivity contribution is 0.313. The summed E-state index contributed by atoms with van der Waals surface area (Å²) >= 11 is 0. The predicted octanol–water partition coefficient (Wildman–Crippen LogP) is 1.69. The minimum absolute atomic E-state index is 0.983. The monoisotopic (exact) mass is 242 g/mol. The van der Waals surface area contributed by atoms with E-state index in [0.29, 0.717) is 0 Å². The Morgan fingerprint density at radius 3 is 2.50 bits per heavy atom. The highest BCUT2D eigenvalue weighted by molar-refractivity contribution is 5.92. The fourth-order valence-electron chi connectivity index (χ4n) is 2.56. The molecule has 0 radical (unpaired) electrons. The second-order valence-electron chi connectivity index (χ2n) is 4.94. The van der Waals surface area contributed by atoms with Crippen LogP contribution in [0.3, 0.4) is 0 Å². The van der Waals surface area contributed by atoms with Gasteiger partial charge in [-0.3, -0.25) is 0 Å². The molecule has 1 saturated heterocycles. The van der Waals surface area contributed by atoms with E-state index in [2.05, 4.69) is 39.2 Å². The Kier molecular flexibility index (Phi) is 2.88. The third-order valence-electron chi connectivity index (χ3n) is 3.63. The van der Waals surface area contributed by atoms with Crippen LogP contribution in [-0.2, 0) is 0 Å². The van der Waals surface area contributed by atoms with Crippen LogP contribution in [0, 0.1) is 6.92 Å². The van der Waals surface area contributed by atoms with Gasteiger partial charge >= 0.3 is 0 Å². The molecule has 0 amide bonds. The summed E-state index contributed by atoms with van der Waals surface area (Å²) in [7, 11) is 2.17. The second kappa shape index (κ2) is 4.53. The van der Waals surface area contributed by atoms with Gasteiger partial charge < -0.3 is 9.80 Å². The molecule has 0 aliphatic carbocycles. The lowest BCUT2D eigenvalue weighted by atomic mass is 10.1. The molecule has 2 aromatic rings. The van der Waals surface area contributed by atoms with Gasteiger partial charge in [0.15, 0.2) is 0 Å². The maximum atomic E-state index is 4.30. The van der Waals surface area contributed by atoms with Crippen molar-refractivity contribution in [1.29, 1.82) is 0 Å². The molecule has 1 aromatic carbocycles. The zero-order valence-corrected chi connectivity index (χ0v) is 10.9. The maximum absolute atomic E-state index is 4.30. The van der Waals surface area contributed by atoms with E-state index in [-0.39, 0.29) is 0 Å². The van der Waals surface area contributed by atoms with Gasteiger partial charge in [0.1, 0.15) is 0 Å². The van der Waals surface area contributed by atoms with Crippen LogP contribution < -0.4 is 4.90 Å². The van der Waals surface area contributed by atoms with Gasteiger partial charge in [-0.25, -0.2) is 0 Å². The number of piperazine rings is 1. The molecule has 0 spiro atoms. The lowest BCUT2D eigenvalue weighted by Crippen LogP contribution is -2.44. The Bertz CT molecular complexity index is 559. The van der Waals surface area contributed by atoms with Gasteiger partial charge in [0.2, 0.25) is 0 Å².